The second-order valence-corrected chi connectivity index (χ2v) is 7.31. The molecule has 8 nitrogen and oxygen atoms in total. The van der Waals surface area contributed by atoms with E-state index >= 15 is 0 Å². The number of rotatable bonds is 6. The Morgan fingerprint density at radius 1 is 1.10 bits per heavy atom. The normalized spacial score (nSPS) is 11.0. The van der Waals surface area contributed by atoms with Crippen molar-refractivity contribution in [3.05, 3.63) is 70.0 Å². The minimum atomic E-state index is -0.253. The van der Waals surface area contributed by atoms with Gasteiger partial charge in [-0.15, -0.1) is 0 Å². The maximum absolute atomic E-state index is 12.0. The van der Waals surface area contributed by atoms with Crippen LogP contribution in [0.15, 0.2) is 52.7 Å². The van der Waals surface area contributed by atoms with E-state index in [0.29, 0.717) is 28.5 Å². The number of benzene rings is 1. The number of aryl methyl sites for hydroxylation is 2. The molecule has 0 radical (unpaired) electrons. The molecule has 0 saturated heterocycles. The Morgan fingerprint density at radius 2 is 1.93 bits per heavy atom. The standard InChI is InChI=1S/C20H19N7OS/c1-3-13-5-6-16-15(9-13)12(2)23-18(25-16)27-19-24-14(10-17(28)26-19)11-29-20-21-7-4-8-22-20/h4-10H,3,11H2,1-2H3,(H2,23,24,25,26,27,28). The highest BCUT2D eigenvalue weighted by molar-refractivity contribution is 7.98. The highest BCUT2D eigenvalue weighted by Crippen LogP contribution is 2.21. The molecular formula is C20H19N7OS. The average molecular weight is 405 g/mol. The van der Waals surface area contributed by atoms with Crippen molar-refractivity contribution in [2.45, 2.75) is 31.2 Å². The van der Waals surface area contributed by atoms with E-state index in [4.69, 9.17) is 0 Å². The third kappa shape index (κ3) is 4.57. The zero-order valence-corrected chi connectivity index (χ0v) is 16.8. The number of aromatic amines is 1. The third-order valence-electron chi connectivity index (χ3n) is 4.28. The van der Waals surface area contributed by atoms with E-state index in [1.807, 2.05) is 13.0 Å². The second-order valence-electron chi connectivity index (χ2n) is 6.37. The first kappa shape index (κ1) is 19.0. The van der Waals surface area contributed by atoms with Gasteiger partial charge in [-0.05, 0) is 37.1 Å². The van der Waals surface area contributed by atoms with E-state index in [-0.39, 0.29) is 5.56 Å². The van der Waals surface area contributed by atoms with Crippen LogP contribution < -0.4 is 10.9 Å². The Balaban J connectivity index is 1.57. The van der Waals surface area contributed by atoms with Gasteiger partial charge in [-0.3, -0.25) is 15.1 Å². The zero-order chi connectivity index (χ0) is 20.2. The number of nitrogens with one attached hydrogen (secondary N) is 2. The first-order valence-electron chi connectivity index (χ1n) is 9.15. The third-order valence-corrected chi connectivity index (χ3v) is 5.18. The van der Waals surface area contributed by atoms with E-state index in [2.05, 4.69) is 54.3 Å². The van der Waals surface area contributed by atoms with Gasteiger partial charge in [-0.2, -0.15) is 0 Å². The molecule has 0 aliphatic heterocycles. The number of thioether (sulfide) groups is 1. The molecular weight excluding hydrogens is 386 g/mol. The Bertz CT molecular complexity index is 1210. The molecule has 1 aromatic carbocycles. The molecule has 3 heterocycles. The summed E-state index contributed by atoms with van der Waals surface area (Å²) in [5, 5.41) is 4.66. The fourth-order valence-electron chi connectivity index (χ4n) is 2.85. The molecule has 0 spiro atoms. The molecule has 9 heteroatoms. The predicted molar refractivity (Wildman–Crippen MR) is 113 cm³/mol. The largest absolute Gasteiger partial charge is 0.294 e. The highest BCUT2D eigenvalue weighted by atomic mass is 32.2. The number of nitrogens with zero attached hydrogens (tertiary/aromatic N) is 5. The van der Waals surface area contributed by atoms with E-state index < -0.39 is 0 Å². The summed E-state index contributed by atoms with van der Waals surface area (Å²) >= 11 is 1.41. The number of fused-ring (bicyclic) bond motifs is 1. The van der Waals surface area contributed by atoms with Crippen LogP contribution in [0.25, 0.3) is 10.9 Å². The minimum Gasteiger partial charge on any atom is -0.294 e. The number of H-pyrrole nitrogens is 1. The average Bonchev–Trinajstić information content (AvgIpc) is 2.72. The van der Waals surface area contributed by atoms with Gasteiger partial charge in [0.25, 0.3) is 5.56 Å². The first-order chi connectivity index (χ1) is 14.1. The van der Waals surface area contributed by atoms with Crippen LogP contribution in [0.5, 0.6) is 0 Å². The summed E-state index contributed by atoms with van der Waals surface area (Å²) in [6.45, 7) is 4.06. The lowest BCUT2D eigenvalue weighted by molar-refractivity contribution is 0.962. The van der Waals surface area contributed by atoms with Gasteiger partial charge in [0.05, 0.1) is 16.9 Å². The Hall–Kier alpha value is -3.33. The van der Waals surface area contributed by atoms with Gasteiger partial charge in [-0.25, -0.2) is 24.9 Å². The van der Waals surface area contributed by atoms with Crippen LogP contribution in [0.1, 0.15) is 23.9 Å². The first-order valence-corrected chi connectivity index (χ1v) is 10.1. The molecule has 4 aromatic rings. The second kappa shape index (κ2) is 8.36. The lowest BCUT2D eigenvalue weighted by Gasteiger charge is -2.09. The molecule has 0 unspecified atom stereocenters. The van der Waals surface area contributed by atoms with Crippen molar-refractivity contribution in [3.8, 4) is 0 Å². The highest BCUT2D eigenvalue weighted by Gasteiger charge is 2.09. The monoisotopic (exact) mass is 405 g/mol. The van der Waals surface area contributed by atoms with E-state index in [1.54, 1.807) is 18.5 Å². The number of hydrogen-bond acceptors (Lipinski definition) is 8. The van der Waals surface area contributed by atoms with Crippen molar-refractivity contribution in [2.24, 2.45) is 0 Å². The molecule has 0 amide bonds. The van der Waals surface area contributed by atoms with Gasteiger partial charge in [0.1, 0.15) is 0 Å². The van der Waals surface area contributed by atoms with Crippen LogP contribution in [0.3, 0.4) is 0 Å². The molecule has 2 N–H and O–H groups in total. The molecule has 0 aliphatic rings. The van der Waals surface area contributed by atoms with Crippen molar-refractivity contribution in [3.63, 3.8) is 0 Å². The topological polar surface area (TPSA) is 109 Å². The molecule has 3 aromatic heterocycles. The van der Waals surface area contributed by atoms with Crippen molar-refractivity contribution < 1.29 is 0 Å². The lowest BCUT2D eigenvalue weighted by atomic mass is 10.1. The number of aromatic nitrogens is 6. The smallest absolute Gasteiger partial charge is 0.252 e. The van der Waals surface area contributed by atoms with Crippen LogP contribution in [-0.2, 0) is 12.2 Å². The summed E-state index contributed by atoms with van der Waals surface area (Å²) in [5.41, 5.74) is 3.30. The Morgan fingerprint density at radius 3 is 2.72 bits per heavy atom. The maximum atomic E-state index is 12.0. The van der Waals surface area contributed by atoms with Crippen LogP contribution in [-0.4, -0.2) is 29.9 Å². The fraction of sp³-hybridized carbons (Fsp3) is 0.200. The Labute approximate surface area is 171 Å². The number of anilines is 2. The van der Waals surface area contributed by atoms with E-state index in [0.717, 1.165) is 23.0 Å². The molecule has 29 heavy (non-hydrogen) atoms. The van der Waals surface area contributed by atoms with Gasteiger partial charge >= 0.3 is 0 Å². The van der Waals surface area contributed by atoms with Gasteiger partial charge in [-0.1, -0.05) is 24.8 Å². The Kier molecular flexibility index (Phi) is 5.48. The summed E-state index contributed by atoms with van der Waals surface area (Å²) < 4.78 is 0. The zero-order valence-electron chi connectivity index (χ0n) is 16.0. The van der Waals surface area contributed by atoms with Crippen molar-refractivity contribution in [1.29, 1.82) is 0 Å². The molecule has 0 saturated carbocycles. The fourth-order valence-corrected chi connectivity index (χ4v) is 3.55. The summed E-state index contributed by atoms with van der Waals surface area (Å²) in [6.07, 6.45) is 4.31. The molecule has 0 bridgehead atoms. The molecule has 146 valence electrons. The van der Waals surface area contributed by atoms with Crippen LogP contribution in [0.4, 0.5) is 11.9 Å². The maximum Gasteiger partial charge on any atom is 0.252 e. The number of hydrogen-bond donors (Lipinski definition) is 2. The van der Waals surface area contributed by atoms with Crippen molar-refractivity contribution >= 4 is 34.6 Å². The van der Waals surface area contributed by atoms with Gasteiger partial charge in [0, 0.05) is 29.6 Å². The van der Waals surface area contributed by atoms with Gasteiger partial charge in [0.15, 0.2) is 5.16 Å². The molecule has 0 atom stereocenters. The van der Waals surface area contributed by atoms with Gasteiger partial charge in [0.2, 0.25) is 11.9 Å². The molecule has 4 rings (SSSR count). The van der Waals surface area contributed by atoms with Crippen LogP contribution in [0.2, 0.25) is 0 Å². The molecule has 0 aliphatic carbocycles. The summed E-state index contributed by atoms with van der Waals surface area (Å²) in [7, 11) is 0. The summed E-state index contributed by atoms with van der Waals surface area (Å²) in [6, 6.07) is 9.36. The molecule has 0 fully saturated rings. The van der Waals surface area contributed by atoms with Crippen molar-refractivity contribution in [1.82, 2.24) is 29.9 Å². The van der Waals surface area contributed by atoms with Crippen LogP contribution in [0, 0.1) is 6.92 Å². The summed E-state index contributed by atoms with van der Waals surface area (Å²) in [4.78, 5) is 36.6. The summed E-state index contributed by atoms with van der Waals surface area (Å²) in [5.74, 6) is 1.16. The van der Waals surface area contributed by atoms with Crippen LogP contribution >= 0.6 is 11.8 Å². The lowest BCUT2D eigenvalue weighted by Crippen LogP contribution is -2.13. The minimum absolute atomic E-state index is 0.253. The van der Waals surface area contributed by atoms with E-state index in [1.165, 1.54) is 23.4 Å². The predicted octanol–water partition coefficient (Wildman–Crippen LogP) is 3.41. The van der Waals surface area contributed by atoms with E-state index in [9.17, 15) is 4.79 Å². The SMILES string of the molecule is CCc1ccc2nc(Nc3nc(CSc4ncccn4)cc(=O)[nH]3)nc(C)c2c1. The van der Waals surface area contributed by atoms with Crippen molar-refractivity contribution in [2.75, 3.05) is 5.32 Å². The van der Waals surface area contributed by atoms with Gasteiger partial charge < -0.3 is 0 Å². The quantitative estimate of drug-likeness (QED) is 0.371.